The highest BCUT2D eigenvalue weighted by molar-refractivity contribution is 7.91. The van der Waals surface area contributed by atoms with Crippen molar-refractivity contribution in [3.63, 3.8) is 0 Å². The summed E-state index contributed by atoms with van der Waals surface area (Å²) in [6.07, 6.45) is 7.06. The van der Waals surface area contributed by atoms with E-state index in [9.17, 15) is 8.42 Å². The van der Waals surface area contributed by atoms with Gasteiger partial charge in [-0.3, -0.25) is 0 Å². The van der Waals surface area contributed by atoms with Crippen molar-refractivity contribution < 1.29 is 13.2 Å². The highest BCUT2D eigenvalue weighted by Crippen LogP contribution is 2.38. The van der Waals surface area contributed by atoms with Gasteiger partial charge in [0.25, 0.3) is 0 Å². The molecule has 0 aromatic rings. The summed E-state index contributed by atoms with van der Waals surface area (Å²) in [4.78, 5) is 0. The highest BCUT2D eigenvalue weighted by atomic mass is 32.2. The average Bonchev–Trinajstić information content (AvgIpc) is 2.91. The molecule has 0 aromatic heterocycles. The first-order valence-electron chi connectivity index (χ1n) is 7.17. The number of rotatable bonds is 2. The van der Waals surface area contributed by atoms with E-state index >= 15 is 0 Å². The number of hydrogen-bond acceptors (Lipinski definition) is 4. The number of nitrogens with one attached hydrogen (secondary N) is 1. The third kappa shape index (κ3) is 2.45. The monoisotopic (exact) mass is 273 g/mol. The topological polar surface area (TPSA) is 55.4 Å². The minimum absolute atomic E-state index is 0.227. The molecule has 0 amide bonds. The van der Waals surface area contributed by atoms with Gasteiger partial charge in [-0.05, 0) is 18.8 Å². The predicted octanol–water partition coefficient (Wildman–Crippen LogP) is 1.11. The van der Waals surface area contributed by atoms with Crippen molar-refractivity contribution >= 4 is 9.84 Å². The molecule has 2 saturated heterocycles. The molecule has 0 aromatic carbocycles. The van der Waals surface area contributed by atoms with Crippen LogP contribution in [0.25, 0.3) is 0 Å². The molecule has 2 heterocycles. The first kappa shape index (κ1) is 12.9. The molecule has 3 rings (SSSR count). The van der Waals surface area contributed by atoms with Crippen LogP contribution in [-0.4, -0.2) is 44.7 Å². The molecule has 2 atom stereocenters. The van der Waals surface area contributed by atoms with E-state index in [1.807, 2.05) is 0 Å². The van der Waals surface area contributed by atoms with Crippen molar-refractivity contribution in [3.05, 3.63) is 0 Å². The molecular formula is C13H23NO3S. The Labute approximate surface area is 109 Å². The largest absolute Gasteiger partial charge is 0.371 e. The van der Waals surface area contributed by atoms with E-state index in [-0.39, 0.29) is 11.8 Å². The summed E-state index contributed by atoms with van der Waals surface area (Å²) in [5, 5.41) is 3.53. The van der Waals surface area contributed by atoms with Crippen LogP contribution >= 0.6 is 0 Å². The molecule has 3 fully saturated rings. The van der Waals surface area contributed by atoms with Gasteiger partial charge < -0.3 is 10.1 Å². The van der Waals surface area contributed by atoms with Gasteiger partial charge >= 0.3 is 0 Å². The van der Waals surface area contributed by atoms with Gasteiger partial charge in [0, 0.05) is 12.6 Å². The van der Waals surface area contributed by atoms with Crippen LogP contribution in [0.5, 0.6) is 0 Å². The molecule has 2 unspecified atom stereocenters. The summed E-state index contributed by atoms with van der Waals surface area (Å²) in [5.41, 5.74) is -0.417. The standard InChI is InChI=1S/C13H23NO3S/c15-18(16)8-5-13(10-18)12(14-6-7-17-13)9-11-3-1-2-4-11/h11-12,14H,1-10H2. The summed E-state index contributed by atoms with van der Waals surface area (Å²) >= 11 is 0. The quantitative estimate of drug-likeness (QED) is 0.819. The van der Waals surface area contributed by atoms with Gasteiger partial charge in [0.2, 0.25) is 0 Å². The Hall–Kier alpha value is -0.130. The average molecular weight is 273 g/mol. The maximum Gasteiger partial charge on any atom is 0.153 e. The molecule has 5 heteroatoms. The van der Waals surface area contributed by atoms with E-state index < -0.39 is 15.4 Å². The van der Waals surface area contributed by atoms with Gasteiger partial charge in [0.15, 0.2) is 9.84 Å². The van der Waals surface area contributed by atoms with Gasteiger partial charge in [-0.25, -0.2) is 8.42 Å². The lowest BCUT2D eigenvalue weighted by Gasteiger charge is -2.42. The van der Waals surface area contributed by atoms with Crippen LogP contribution in [0, 0.1) is 5.92 Å². The number of ether oxygens (including phenoxy) is 1. The lowest BCUT2D eigenvalue weighted by Crippen LogP contribution is -2.59. The SMILES string of the molecule is O=S1(=O)CCC2(C1)OCCNC2CC1CCCC1. The first-order valence-corrected chi connectivity index (χ1v) is 9.00. The zero-order chi connectivity index (χ0) is 12.6. The second-order valence-corrected chi connectivity index (χ2v) is 8.33. The van der Waals surface area contributed by atoms with E-state index in [0.29, 0.717) is 18.8 Å². The summed E-state index contributed by atoms with van der Waals surface area (Å²) in [6.45, 7) is 1.51. The van der Waals surface area contributed by atoms with Crippen LogP contribution < -0.4 is 5.32 Å². The lowest BCUT2D eigenvalue weighted by atomic mass is 9.84. The van der Waals surface area contributed by atoms with Gasteiger partial charge in [-0.1, -0.05) is 25.7 Å². The third-order valence-corrected chi connectivity index (χ3v) is 6.62. The molecule has 0 radical (unpaired) electrons. The molecule has 0 bridgehead atoms. The second kappa shape index (κ2) is 4.76. The number of sulfone groups is 1. The fourth-order valence-electron chi connectivity index (χ4n) is 3.89. The summed E-state index contributed by atoms with van der Waals surface area (Å²) in [6, 6.07) is 0.242. The van der Waals surface area contributed by atoms with Crippen LogP contribution in [0.15, 0.2) is 0 Å². The third-order valence-electron chi connectivity index (χ3n) is 4.86. The molecular weight excluding hydrogens is 250 g/mol. The Morgan fingerprint density at radius 2 is 2.06 bits per heavy atom. The molecule has 1 N–H and O–H groups in total. The summed E-state index contributed by atoms with van der Waals surface area (Å²) in [7, 11) is -2.89. The molecule has 1 aliphatic carbocycles. The van der Waals surface area contributed by atoms with Crippen molar-refractivity contribution in [2.75, 3.05) is 24.7 Å². The minimum Gasteiger partial charge on any atom is -0.371 e. The van der Waals surface area contributed by atoms with Crippen LogP contribution in [0.2, 0.25) is 0 Å². The Kier molecular flexibility index (Phi) is 3.41. The molecule has 18 heavy (non-hydrogen) atoms. The van der Waals surface area contributed by atoms with Crippen molar-refractivity contribution in [1.82, 2.24) is 5.32 Å². The first-order chi connectivity index (χ1) is 8.60. The Morgan fingerprint density at radius 1 is 1.28 bits per heavy atom. The molecule has 4 nitrogen and oxygen atoms in total. The molecule has 2 aliphatic heterocycles. The van der Waals surface area contributed by atoms with Gasteiger partial charge in [-0.15, -0.1) is 0 Å². The minimum atomic E-state index is -2.89. The van der Waals surface area contributed by atoms with E-state index in [0.717, 1.165) is 18.9 Å². The molecule has 1 spiro atoms. The Morgan fingerprint density at radius 3 is 2.72 bits per heavy atom. The summed E-state index contributed by atoms with van der Waals surface area (Å²) in [5.74, 6) is 1.30. The van der Waals surface area contributed by atoms with Crippen molar-refractivity contribution in [2.24, 2.45) is 5.92 Å². The van der Waals surface area contributed by atoms with Gasteiger partial charge in [-0.2, -0.15) is 0 Å². The van der Waals surface area contributed by atoms with Gasteiger partial charge in [0.05, 0.1) is 23.7 Å². The van der Waals surface area contributed by atoms with Crippen LogP contribution in [0.4, 0.5) is 0 Å². The number of hydrogen-bond donors (Lipinski definition) is 1. The molecule has 1 saturated carbocycles. The lowest BCUT2D eigenvalue weighted by molar-refractivity contribution is -0.0835. The van der Waals surface area contributed by atoms with E-state index in [1.54, 1.807) is 0 Å². The van der Waals surface area contributed by atoms with Gasteiger partial charge in [0.1, 0.15) is 0 Å². The van der Waals surface area contributed by atoms with E-state index in [4.69, 9.17) is 4.74 Å². The van der Waals surface area contributed by atoms with Crippen molar-refractivity contribution in [1.29, 1.82) is 0 Å². The Balaban J connectivity index is 1.73. The second-order valence-electron chi connectivity index (χ2n) is 6.15. The number of morpholine rings is 1. The van der Waals surface area contributed by atoms with Crippen LogP contribution in [-0.2, 0) is 14.6 Å². The smallest absolute Gasteiger partial charge is 0.153 e. The highest BCUT2D eigenvalue weighted by Gasteiger charge is 2.50. The maximum atomic E-state index is 11.8. The van der Waals surface area contributed by atoms with Crippen molar-refractivity contribution in [2.45, 2.75) is 50.2 Å². The fourth-order valence-corrected chi connectivity index (χ4v) is 5.86. The predicted molar refractivity (Wildman–Crippen MR) is 70.3 cm³/mol. The Bertz CT molecular complexity index is 402. The van der Waals surface area contributed by atoms with E-state index in [2.05, 4.69) is 5.32 Å². The zero-order valence-electron chi connectivity index (χ0n) is 10.9. The van der Waals surface area contributed by atoms with Crippen LogP contribution in [0.3, 0.4) is 0 Å². The van der Waals surface area contributed by atoms with Crippen LogP contribution in [0.1, 0.15) is 38.5 Å². The normalized spacial score (nSPS) is 40.6. The van der Waals surface area contributed by atoms with Crippen molar-refractivity contribution in [3.8, 4) is 0 Å². The molecule has 3 aliphatic rings. The zero-order valence-corrected chi connectivity index (χ0v) is 11.7. The summed E-state index contributed by atoms with van der Waals surface area (Å²) < 4.78 is 29.5. The maximum absolute atomic E-state index is 11.8. The fraction of sp³-hybridized carbons (Fsp3) is 1.00. The molecule has 104 valence electrons. The van der Waals surface area contributed by atoms with E-state index in [1.165, 1.54) is 25.7 Å².